The van der Waals surface area contributed by atoms with Crippen molar-refractivity contribution in [2.24, 2.45) is 5.92 Å². The molecular weight excluding hydrogens is 354 g/mol. The van der Waals surface area contributed by atoms with Gasteiger partial charge in [-0.3, -0.25) is 0 Å². The van der Waals surface area contributed by atoms with Crippen molar-refractivity contribution >= 4 is 0 Å². The normalized spacial score (nSPS) is 33.3. The van der Waals surface area contributed by atoms with Gasteiger partial charge in [0.05, 0.1) is 0 Å². The molecule has 1 saturated carbocycles. The summed E-state index contributed by atoms with van der Waals surface area (Å²) in [5.41, 5.74) is 0. The molecule has 1 rings (SSSR count). The smallest absolute Gasteiger partial charge is 0.335 e. The summed E-state index contributed by atoms with van der Waals surface area (Å²) in [6, 6.07) is 0. The van der Waals surface area contributed by atoms with E-state index in [2.05, 4.69) is 9.47 Å². The molecule has 0 aromatic rings. The van der Waals surface area contributed by atoms with E-state index in [1.807, 2.05) is 0 Å². The van der Waals surface area contributed by atoms with E-state index in [9.17, 15) is 43.9 Å². The van der Waals surface area contributed by atoms with Crippen LogP contribution in [-0.4, -0.2) is 36.8 Å². The van der Waals surface area contributed by atoms with Crippen LogP contribution in [0.1, 0.15) is 26.2 Å². The van der Waals surface area contributed by atoms with E-state index in [1.165, 1.54) is 6.92 Å². The lowest BCUT2D eigenvalue weighted by molar-refractivity contribution is -0.448. The first-order chi connectivity index (χ1) is 10.1. The molecule has 0 aliphatic heterocycles. The van der Waals surface area contributed by atoms with Gasteiger partial charge in [0.25, 0.3) is 11.7 Å². The maximum absolute atomic E-state index is 14.4. The van der Waals surface area contributed by atoms with Gasteiger partial charge in [-0.25, -0.2) is 13.5 Å². The van der Waals surface area contributed by atoms with E-state index in [1.54, 1.807) is 0 Å². The Morgan fingerprint density at radius 1 is 1.00 bits per heavy atom. The lowest BCUT2D eigenvalue weighted by Crippen LogP contribution is -2.55. The lowest BCUT2D eigenvalue weighted by Gasteiger charge is -2.37. The topological polar surface area (TPSA) is 18.5 Å². The van der Waals surface area contributed by atoms with E-state index in [-0.39, 0.29) is 6.42 Å². The van der Waals surface area contributed by atoms with Crippen LogP contribution in [0.15, 0.2) is 0 Å². The molecule has 0 aromatic heterocycles. The van der Waals surface area contributed by atoms with Gasteiger partial charge in [-0.05, 0) is 12.8 Å². The Labute approximate surface area is 123 Å². The zero-order valence-corrected chi connectivity index (χ0v) is 11.5. The van der Waals surface area contributed by atoms with Crippen molar-refractivity contribution in [2.75, 3.05) is 6.61 Å². The van der Waals surface area contributed by atoms with Crippen molar-refractivity contribution < 1.29 is 53.4 Å². The highest BCUT2D eigenvalue weighted by atomic mass is 19.4. The molecule has 23 heavy (non-hydrogen) atoms. The summed E-state index contributed by atoms with van der Waals surface area (Å²) >= 11 is 0. The highest BCUT2D eigenvalue weighted by Gasteiger charge is 2.70. The largest absolute Gasteiger partial charge is 0.525 e. The quantitative estimate of drug-likeness (QED) is 0.645. The van der Waals surface area contributed by atoms with Crippen molar-refractivity contribution in [1.29, 1.82) is 0 Å². The fourth-order valence-electron chi connectivity index (χ4n) is 2.27. The van der Waals surface area contributed by atoms with E-state index >= 15 is 0 Å². The standard InChI is InChI=1S/C11H12F10O2/c1-2-6-3-4-8(14,9(6,15)23-11(19,20)21)22-5-7(12,13)10(16,17)18/h6H,2-5H2,1H3. The van der Waals surface area contributed by atoms with Gasteiger partial charge in [0.15, 0.2) is 0 Å². The Morgan fingerprint density at radius 2 is 1.52 bits per heavy atom. The molecule has 0 spiro atoms. The lowest BCUT2D eigenvalue weighted by atomic mass is 9.99. The molecule has 0 aromatic carbocycles. The fourth-order valence-corrected chi connectivity index (χ4v) is 2.27. The molecular formula is C11H12F10O2. The first-order valence-electron chi connectivity index (χ1n) is 6.31. The van der Waals surface area contributed by atoms with Crippen molar-refractivity contribution in [3.63, 3.8) is 0 Å². The van der Waals surface area contributed by atoms with Gasteiger partial charge < -0.3 is 4.74 Å². The monoisotopic (exact) mass is 366 g/mol. The highest BCUT2D eigenvalue weighted by molar-refractivity contribution is 5.00. The van der Waals surface area contributed by atoms with Crippen molar-refractivity contribution in [3.8, 4) is 0 Å². The summed E-state index contributed by atoms with van der Waals surface area (Å²) < 4.78 is 134. The molecule has 0 amide bonds. The average molecular weight is 366 g/mol. The minimum absolute atomic E-state index is 0.378. The minimum atomic E-state index is -6.13. The second kappa shape index (κ2) is 5.94. The van der Waals surface area contributed by atoms with Crippen LogP contribution in [0.5, 0.6) is 0 Å². The third-order valence-electron chi connectivity index (χ3n) is 3.50. The molecule has 1 aliphatic carbocycles. The van der Waals surface area contributed by atoms with Gasteiger partial charge in [0.2, 0.25) is 0 Å². The van der Waals surface area contributed by atoms with Crippen molar-refractivity contribution in [3.05, 3.63) is 0 Å². The molecule has 0 bridgehead atoms. The Balaban J connectivity index is 3.02. The summed E-state index contributed by atoms with van der Waals surface area (Å²) in [6.07, 6.45) is -13.9. The number of hydrogen-bond acceptors (Lipinski definition) is 2. The predicted octanol–water partition coefficient (Wildman–Crippen LogP) is 4.89. The zero-order chi connectivity index (χ0) is 18.3. The SMILES string of the molecule is CCC1CCC(F)(OCC(F)(F)C(F)(F)F)C1(F)OC(F)(F)F. The molecule has 1 fully saturated rings. The fraction of sp³-hybridized carbons (Fsp3) is 1.00. The minimum Gasteiger partial charge on any atom is -0.335 e. The number of alkyl halides is 10. The third-order valence-corrected chi connectivity index (χ3v) is 3.50. The van der Waals surface area contributed by atoms with Gasteiger partial charge in [-0.2, -0.15) is 22.0 Å². The summed E-state index contributed by atoms with van der Waals surface area (Å²) in [5, 5.41) is 0. The molecule has 0 heterocycles. The van der Waals surface area contributed by atoms with E-state index in [0.717, 1.165) is 0 Å². The maximum atomic E-state index is 14.4. The van der Waals surface area contributed by atoms with Crippen LogP contribution in [0.4, 0.5) is 43.9 Å². The summed E-state index contributed by atoms with van der Waals surface area (Å²) in [6.45, 7) is -1.49. The maximum Gasteiger partial charge on any atom is 0.525 e. The van der Waals surface area contributed by atoms with Crippen LogP contribution in [0.3, 0.4) is 0 Å². The molecule has 0 N–H and O–H groups in total. The molecule has 2 nitrogen and oxygen atoms in total. The Morgan fingerprint density at radius 3 is 1.91 bits per heavy atom. The summed E-state index contributed by atoms with van der Waals surface area (Å²) in [4.78, 5) is 0. The van der Waals surface area contributed by atoms with Gasteiger partial charge in [0.1, 0.15) is 6.61 Å². The molecule has 138 valence electrons. The molecule has 3 unspecified atom stereocenters. The van der Waals surface area contributed by atoms with E-state index in [0.29, 0.717) is 0 Å². The first-order valence-corrected chi connectivity index (χ1v) is 6.31. The molecule has 1 aliphatic rings. The van der Waals surface area contributed by atoms with Gasteiger partial charge in [0, 0.05) is 12.3 Å². The van der Waals surface area contributed by atoms with Gasteiger partial charge >= 0.3 is 18.5 Å². The first kappa shape index (κ1) is 20.3. The van der Waals surface area contributed by atoms with E-state index < -0.39 is 55.5 Å². The molecule has 0 saturated heterocycles. The Bertz CT molecular complexity index is 420. The van der Waals surface area contributed by atoms with Crippen LogP contribution in [0.25, 0.3) is 0 Å². The van der Waals surface area contributed by atoms with Crippen LogP contribution < -0.4 is 0 Å². The number of ether oxygens (including phenoxy) is 2. The number of halogens is 10. The summed E-state index contributed by atoms with van der Waals surface area (Å²) in [7, 11) is 0. The zero-order valence-electron chi connectivity index (χ0n) is 11.5. The van der Waals surface area contributed by atoms with Crippen molar-refractivity contribution in [2.45, 2.75) is 56.4 Å². The van der Waals surface area contributed by atoms with Crippen LogP contribution >= 0.6 is 0 Å². The van der Waals surface area contributed by atoms with Crippen LogP contribution in [0, 0.1) is 5.92 Å². The average Bonchev–Trinajstić information content (AvgIpc) is 2.56. The Kier molecular flexibility index (Phi) is 5.23. The third kappa shape index (κ3) is 4.01. The molecule has 12 heteroatoms. The molecule has 3 atom stereocenters. The highest BCUT2D eigenvalue weighted by Crippen LogP contribution is 2.54. The number of hydrogen-bond donors (Lipinski definition) is 0. The predicted molar refractivity (Wildman–Crippen MR) is 54.8 cm³/mol. The summed E-state index contributed by atoms with van der Waals surface area (Å²) in [5.74, 6) is -15.6. The van der Waals surface area contributed by atoms with Gasteiger partial charge in [-0.1, -0.05) is 6.92 Å². The van der Waals surface area contributed by atoms with Gasteiger partial charge in [-0.15, -0.1) is 13.2 Å². The second-order valence-electron chi connectivity index (χ2n) is 5.06. The van der Waals surface area contributed by atoms with Crippen LogP contribution in [-0.2, 0) is 9.47 Å². The van der Waals surface area contributed by atoms with E-state index in [4.69, 9.17) is 0 Å². The van der Waals surface area contributed by atoms with Crippen molar-refractivity contribution in [1.82, 2.24) is 0 Å². The number of rotatable bonds is 5. The molecule has 0 radical (unpaired) electrons. The van der Waals surface area contributed by atoms with Crippen LogP contribution in [0.2, 0.25) is 0 Å². The second-order valence-corrected chi connectivity index (χ2v) is 5.06. The Hall–Kier alpha value is -0.780.